The topological polar surface area (TPSA) is 8.17 Å². The minimum Gasteiger partial charge on any atom is -0.310 e. The highest BCUT2D eigenvalue weighted by Gasteiger charge is 2.59. The van der Waals surface area contributed by atoms with Crippen molar-refractivity contribution in [3.8, 4) is 39.1 Å². The van der Waals surface area contributed by atoms with Gasteiger partial charge in [-0.2, -0.15) is 0 Å². The lowest BCUT2D eigenvalue weighted by Gasteiger charge is -2.49. The third kappa shape index (κ3) is 5.08. The largest absolute Gasteiger partial charge is 0.310 e. The van der Waals surface area contributed by atoms with E-state index in [9.17, 15) is 0 Å². The Labute approximate surface area is 425 Å². The molecule has 0 N–H and O–H groups in total. The van der Waals surface area contributed by atoms with Crippen LogP contribution in [0.3, 0.4) is 0 Å². The van der Waals surface area contributed by atoms with E-state index in [1.54, 1.807) is 0 Å². The van der Waals surface area contributed by atoms with Crippen LogP contribution in [0, 0.1) is 0 Å². The molecule has 73 heavy (non-hydrogen) atoms. The van der Waals surface area contributed by atoms with Crippen molar-refractivity contribution in [3.05, 3.63) is 310 Å². The summed E-state index contributed by atoms with van der Waals surface area (Å²) in [5, 5.41) is 2.52. The molecule has 11 aromatic carbocycles. The van der Waals surface area contributed by atoms with Gasteiger partial charge in [0.25, 0.3) is 0 Å². The number of anilines is 3. The van der Waals surface area contributed by atoms with Crippen molar-refractivity contribution in [2.75, 3.05) is 4.90 Å². The summed E-state index contributed by atoms with van der Waals surface area (Å²) in [6.07, 6.45) is 0. The second-order valence-corrected chi connectivity index (χ2v) is 21.1. The molecule has 0 atom stereocenters. The Morgan fingerprint density at radius 3 is 1.08 bits per heavy atom. The molecule has 4 aliphatic rings. The highest BCUT2D eigenvalue weighted by molar-refractivity contribution is 6.09. The summed E-state index contributed by atoms with van der Waals surface area (Å²) in [5.41, 5.74) is 26.9. The predicted octanol–water partition coefficient (Wildman–Crippen LogP) is 17.6. The lowest BCUT2D eigenvalue weighted by molar-refractivity contribution is 0.633. The van der Waals surface area contributed by atoms with E-state index in [1.165, 1.54) is 111 Å². The number of aromatic nitrogens is 1. The highest BCUT2D eigenvalue weighted by Crippen LogP contribution is 2.68. The van der Waals surface area contributed by atoms with Crippen LogP contribution in [0.5, 0.6) is 0 Å². The zero-order valence-electron chi connectivity index (χ0n) is 40.6. The zero-order chi connectivity index (χ0) is 48.2. The van der Waals surface area contributed by atoms with Crippen molar-refractivity contribution in [2.24, 2.45) is 0 Å². The Hall–Kier alpha value is -8.98. The average molecular weight is 929 g/mol. The van der Waals surface area contributed by atoms with Crippen molar-refractivity contribution in [2.45, 2.75) is 30.1 Å². The lowest BCUT2D eigenvalue weighted by atomic mass is 9.52. The zero-order valence-corrected chi connectivity index (χ0v) is 40.6. The summed E-state index contributed by atoms with van der Waals surface area (Å²) in [5.74, 6) is 0. The molecule has 0 saturated heterocycles. The Kier molecular flexibility index (Phi) is 8.12. The number of hydrogen-bond donors (Lipinski definition) is 0. The van der Waals surface area contributed by atoms with E-state index in [0.717, 1.165) is 22.7 Å². The van der Waals surface area contributed by atoms with Gasteiger partial charge in [0.15, 0.2) is 0 Å². The molecule has 342 valence electrons. The standard InChI is InChI=1S/C71H48N2/c1-69(2)57-25-9-3-19-49(57)53-41-39-47(43-65(53)69)72(45-35-37-46(38-36-45)73-67-33-17-7-23-55(67)56-24-8-18-34-68(56)73)48-40-42-54-52-22-6-12-28-60(52)71(66(54)44-48)63-31-15-13-29-61(63)70(62-30-14-16-32-64(62)71)58-26-10-4-20-50(58)51-21-5-11-27-59(51)70/h3-44H,1-2H3. The third-order valence-corrected chi connectivity index (χ3v) is 17.5. The summed E-state index contributed by atoms with van der Waals surface area (Å²) in [4.78, 5) is 2.51. The Morgan fingerprint density at radius 2 is 0.603 bits per heavy atom. The molecule has 0 fully saturated rings. The predicted molar refractivity (Wildman–Crippen MR) is 301 cm³/mol. The van der Waals surface area contributed by atoms with Crippen molar-refractivity contribution < 1.29 is 0 Å². The third-order valence-electron chi connectivity index (χ3n) is 17.5. The molecular formula is C71H48N2. The van der Waals surface area contributed by atoms with Gasteiger partial charge in [-0.05, 0) is 150 Å². The number of fused-ring (bicyclic) bond motifs is 22. The Balaban J connectivity index is 0.951. The molecule has 1 aromatic heterocycles. The van der Waals surface area contributed by atoms with Gasteiger partial charge >= 0.3 is 0 Å². The normalized spacial score (nSPS) is 15.0. The van der Waals surface area contributed by atoms with Crippen LogP contribution in [-0.2, 0) is 16.2 Å². The first-order valence-corrected chi connectivity index (χ1v) is 25.8. The van der Waals surface area contributed by atoms with Crippen molar-refractivity contribution in [3.63, 3.8) is 0 Å². The molecule has 2 heteroatoms. The molecule has 0 aliphatic heterocycles. The first-order valence-electron chi connectivity index (χ1n) is 25.8. The number of rotatable bonds is 4. The summed E-state index contributed by atoms with van der Waals surface area (Å²) in [6, 6.07) is 96.7. The second kappa shape index (κ2) is 14.6. The van der Waals surface area contributed by atoms with Gasteiger partial charge in [-0.15, -0.1) is 0 Å². The Bertz CT molecular complexity index is 4170. The molecule has 2 nitrogen and oxygen atoms in total. The van der Waals surface area contributed by atoms with E-state index in [-0.39, 0.29) is 5.41 Å². The van der Waals surface area contributed by atoms with E-state index in [2.05, 4.69) is 278 Å². The average Bonchev–Trinajstić information content (AvgIpc) is 4.12. The summed E-state index contributed by atoms with van der Waals surface area (Å²) in [6.45, 7) is 4.77. The van der Waals surface area contributed by atoms with E-state index >= 15 is 0 Å². The molecule has 0 amide bonds. The molecular weight excluding hydrogens is 881 g/mol. The maximum atomic E-state index is 2.55. The number of benzene rings is 11. The van der Waals surface area contributed by atoms with Crippen LogP contribution in [0.2, 0.25) is 0 Å². The van der Waals surface area contributed by atoms with Crippen LogP contribution in [0.25, 0.3) is 60.9 Å². The van der Waals surface area contributed by atoms with Gasteiger partial charge in [0.1, 0.15) is 0 Å². The van der Waals surface area contributed by atoms with Crippen LogP contribution in [-0.4, -0.2) is 4.57 Å². The molecule has 2 spiro atoms. The van der Waals surface area contributed by atoms with Gasteiger partial charge in [0.2, 0.25) is 0 Å². The van der Waals surface area contributed by atoms with Crippen LogP contribution in [0.15, 0.2) is 255 Å². The highest BCUT2D eigenvalue weighted by atomic mass is 15.1. The Morgan fingerprint density at radius 1 is 0.274 bits per heavy atom. The lowest BCUT2D eigenvalue weighted by Crippen LogP contribution is -2.43. The summed E-state index contributed by atoms with van der Waals surface area (Å²) >= 11 is 0. The van der Waals surface area contributed by atoms with Crippen LogP contribution >= 0.6 is 0 Å². The SMILES string of the molecule is CC1(C)c2ccccc2-c2ccc(N(c3ccc(-n4c5ccccc5c5ccccc54)cc3)c3ccc4c(c3)C3(c5ccccc5-4)c4ccccc4C4(c5ccccc5-c5ccccc54)c4ccccc43)cc21. The van der Waals surface area contributed by atoms with E-state index in [4.69, 9.17) is 0 Å². The molecule has 4 aliphatic carbocycles. The molecule has 1 heterocycles. The fourth-order valence-corrected chi connectivity index (χ4v) is 14.6. The van der Waals surface area contributed by atoms with Crippen molar-refractivity contribution >= 4 is 38.9 Å². The fourth-order valence-electron chi connectivity index (χ4n) is 14.6. The summed E-state index contributed by atoms with van der Waals surface area (Å²) < 4.78 is 2.41. The quantitative estimate of drug-likeness (QED) is 0.171. The second-order valence-electron chi connectivity index (χ2n) is 21.1. The van der Waals surface area contributed by atoms with Gasteiger partial charge < -0.3 is 9.47 Å². The number of para-hydroxylation sites is 2. The molecule has 0 bridgehead atoms. The van der Waals surface area contributed by atoms with Crippen molar-refractivity contribution in [1.29, 1.82) is 0 Å². The van der Waals surface area contributed by atoms with Gasteiger partial charge in [-0.25, -0.2) is 0 Å². The van der Waals surface area contributed by atoms with Gasteiger partial charge in [0, 0.05) is 38.9 Å². The molecule has 16 rings (SSSR count). The first-order chi connectivity index (χ1) is 36.0. The monoisotopic (exact) mass is 928 g/mol. The van der Waals surface area contributed by atoms with Gasteiger partial charge in [-0.3, -0.25) is 0 Å². The van der Waals surface area contributed by atoms with E-state index < -0.39 is 10.8 Å². The molecule has 0 saturated carbocycles. The van der Waals surface area contributed by atoms with Crippen LogP contribution in [0.1, 0.15) is 69.5 Å². The van der Waals surface area contributed by atoms with Gasteiger partial charge in [-0.1, -0.05) is 208 Å². The van der Waals surface area contributed by atoms with E-state index in [0.29, 0.717) is 0 Å². The molecule has 0 unspecified atom stereocenters. The summed E-state index contributed by atoms with van der Waals surface area (Å²) in [7, 11) is 0. The molecule has 12 aromatic rings. The fraction of sp³-hybridized carbons (Fsp3) is 0.0704. The first kappa shape index (κ1) is 40.7. The molecule has 0 radical (unpaired) electrons. The van der Waals surface area contributed by atoms with Crippen LogP contribution < -0.4 is 4.90 Å². The minimum absolute atomic E-state index is 0.166. The maximum absolute atomic E-state index is 2.55. The number of hydrogen-bond acceptors (Lipinski definition) is 1. The smallest absolute Gasteiger partial charge is 0.0720 e. The van der Waals surface area contributed by atoms with Crippen molar-refractivity contribution in [1.82, 2.24) is 4.57 Å². The minimum atomic E-state index is -0.611. The van der Waals surface area contributed by atoms with Crippen LogP contribution in [0.4, 0.5) is 17.1 Å². The van der Waals surface area contributed by atoms with E-state index in [1.807, 2.05) is 0 Å². The number of nitrogens with zero attached hydrogens (tertiary/aromatic N) is 2. The maximum Gasteiger partial charge on any atom is 0.0720 e. The van der Waals surface area contributed by atoms with Gasteiger partial charge in [0.05, 0.1) is 21.9 Å².